The molecule has 0 bridgehead atoms. The molecule has 0 aliphatic heterocycles. The number of aromatic amines is 2. The Hall–Kier alpha value is -4.44. The Morgan fingerprint density at radius 3 is 2.75 bits per heavy atom. The second kappa shape index (κ2) is 8.06. The lowest BCUT2D eigenvalue weighted by Crippen LogP contribution is -2.13. The number of imidazole rings is 1. The first-order valence-corrected chi connectivity index (χ1v) is 12.5. The summed E-state index contributed by atoms with van der Waals surface area (Å²) in [5, 5.41) is 10.5. The molecule has 10 heteroatoms. The highest BCUT2D eigenvalue weighted by molar-refractivity contribution is 7.15. The molecule has 9 nitrogen and oxygen atoms in total. The molecular weight excluding hydrogens is 472 g/mol. The molecule has 6 aromatic heterocycles. The van der Waals surface area contributed by atoms with Gasteiger partial charge in [-0.2, -0.15) is 5.10 Å². The van der Waals surface area contributed by atoms with Gasteiger partial charge in [0.1, 0.15) is 16.7 Å². The van der Waals surface area contributed by atoms with Gasteiger partial charge in [-0.1, -0.05) is 0 Å². The highest BCUT2D eigenvalue weighted by Gasteiger charge is 2.29. The normalized spacial score (nSPS) is 13.5. The second-order valence-electron chi connectivity index (χ2n) is 8.94. The number of nitrogens with zero attached hydrogens (tertiary/aromatic N) is 5. The Kier molecular flexibility index (Phi) is 4.68. The molecule has 1 aliphatic carbocycles. The van der Waals surface area contributed by atoms with Gasteiger partial charge in [0.2, 0.25) is 5.91 Å². The van der Waals surface area contributed by atoms with E-state index in [4.69, 9.17) is 9.97 Å². The van der Waals surface area contributed by atoms with E-state index in [1.54, 1.807) is 29.9 Å². The molecule has 36 heavy (non-hydrogen) atoms. The Morgan fingerprint density at radius 1 is 1.03 bits per heavy atom. The predicted molar refractivity (Wildman–Crippen MR) is 139 cm³/mol. The summed E-state index contributed by atoms with van der Waals surface area (Å²) in [4.78, 5) is 36.5. The number of aromatic nitrogens is 7. The molecule has 3 N–H and O–H groups in total. The molecular formula is C26H20N8OS. The first kappa shape index (κ1) is 20.9. The molecule has 0 atom stereocenters. The van der Waals surface area contributed by atoms with Crippen LogP contribution in [0.15, 0.2) is 55.0 Å². The smallest absolute Gasteiger partial charge is 0.227 e. The molecule has 1 fully saturated rings. The first-order chi connectivity index (χ1) is 17.6. The Bertz CT molecular complexity index is 1780. The molecule has 7 rings (SSSR count). The van der Waals surface area contributed by atoms with Gasteiger partial charge >= 0.3 is 0 Å². The average Bonchev–Trinajstić information content (AvgIpc) is 3.30. The third-order valence-corrected chi connectivity index (χ3v) is 7.26. The number of H-pyrrole nitrogens is 2. The van der Waals surface area contributed by atoms with Crippen molar-refractivity contribution in [2.45, 2.75) is 19.8 Å². The van der Waals surface area contributed by atoms with Gasteiger partial charge in [0.25, 0.3) is 0 Å². The van der Waals surface area contributed by atoms with Gasteiger partial charge in [-0.25, -0.2) is 9.97 Å². The predicted octanol–water partition coefficient (Wildman–Crippen LogP) is 5.34. The molecule has 0 spiro atoms. The zero-order chi connectivity index (χ0) is 24.2. The van der Waals surface area contributed by atoms with Crippen LogP contribution in [0.25, 0.3) is 55.4 Å². The van der Waals surface area contributed by atoms with E-state index in [1.165, 1.54) is 4.88 Å². The minimum Gasteiger partial charge on any atom is -0.336 e. The van der Waals surface area contributed by atoms with Gasteiger partial charge in [-0.3, -0.25) is 19.9 Å². The van der Waals surface area contributed by atoms with Crippen molar-refractivity contribution in [1.29, 1.82) is 0 Å². The summed E-state index contributed by atoms with van der Waals surface area (Å²) in [6.07, 6.45) is 7.08. The minimum absolute atomic E-state index is 0.0472. The van der Waals surface area contributed by atoms with Crippen molar-refractivity contribution in [2.24, 2.45) is 5.92 Å². The van der Waals surface area contributed by atoms with E-state index < -0.39 is 0 Å². The summed E-state index contributed by atoms with van der Waals surface area (Å²) in [5.41, 5.74) is 6.85. The van der Waals surface area contributed by atoms with Crippen molar-refractivity contribution in [2.75, 3.05) is 5.32 Å². The Labute approximate surface area is 209 Å². The number of fused-ring (bicyclic) bond motifs is 2. The van der Waals surface area contributed by atoms with E-state index in [1.807, 2.05) is 24.3 Å². The standard InChI is InChI=1S/C26H20N8OS/c1-13-2-7-20(36-13)23-21-18(8-9-28-23)31-25(32-21)24-22-19(33-34-24)6-5-17(30-22)15-10-16(12-27-11-15)29-26(35)14-3-4-14/h2,5-12,14H,3-4H2,1H3,(H,29,35)(H,31,32)(H,33,34). The molecule has 176 valence electrons. The summed E-state index contributed by atoms with van der Waals surface area (Å²) in [6, 6.07) is 11.8. The van der Waals surface area contributed by atoms with E-state index in [-0.39, 0.29) is 11.8 Å². The van der Waals surface area contributed by atoms with Gasteiger partial charge in [0, 0.05) is 28.8 Å². The van der Waals surface area contributed by atoms with Crippen LogP contribution in [-0.4, -0.2) is 41.0 Å². The maximum atomic E-state index is 12.2. The number of thiophene rings is 1. The first-order valence-electron chi connectivity index (χ1n) is 11.7. The SMILES string of the molecule is Cc1ccc(-c2nccc3[nH]c(-c4n[nH]c5ccc(-c6cncc(NC(=O)C7CC7)c6)nc45)nc23)s1. The highest BCUT2D eigenvalue weighted by atomic mass is 32.1. The van der Waals surface area contributed by atoms with E-state index in [0.29, 0.717) is 22.7 Å². The molecule has 6 aromatic rings. The van der Waals surface area contributed by atoms with Crippen LogP contribution in [0.5, 0.6) is 0 Å². The van der Waals surface area contributed by atoms with E-state index in [9.17, 15) is 4.79 Å². The number of pyridine rings is 3. The molecule has 1 amide bonds. The van der Waals surface area contributed by atoms with E-state index in [0.717, 1.165) is 51.2 Å². The number of rotatable bonds is 5. The van der Waals surface area contributed by atoms with Gasteiger partial charge < -0.3 is 10.3 Å². The van der Waals surface area contributed by atoms with Crippen LogP contribution < -0.4 is 5.32 Å². The summed E-state index contributed by atoms with van der Waals surface area (Å²) in [7, 11) is 0. The van der Waals surface area contributed by atoms with Crippen LogP contribution >= 0.6 is 11.3 Å². The van der Waals surface area contributed by atoms with Crippen molar-refractivity contribution in [3.63, 3.8) is 0 Å². The summed E-state index contributed by atoms with van der Waals surface area (Å²) in [6.45, 7) is 2.08. The highest BCUT2D eigenvalue weighted by Crippen LogP contribution is 2.34. The number of nitrogens with one attached hydrogen (secondary N) is 3. The number of aryl methyl sites for hydroxylation is 1. The van der Waals surface area contributed by atoms with Crippen LogP contribution in [0.4, 0.5) is 5.69 Å². The summed E-state index contributed by atoms with van der Waals surface area (Å²) in [5.74, 6) is 0.790. The van der Waals surface area contributed by atoms with Crippen LogP contribution in [0, 0.1) is 12.8 Å². The minimum atomic E-state index is 0.0472. The van der Waals surface area contributed by atoms with E-state index in [2.05, 4.69) is 49.5 Å². The fourth-order valence-electron chi connectivity index (χ4n) is 4.25. The van der Waals surface area contributed by atoms with Crippen molar-refractivity contribution in [3.8, 4) is 33.3 Å². The van der Waals surface area contributed by atoms with Crippen molar-refractivity contribution < 1.29 is 4.79 Å². The van der Waals surface area contributed by atoms with Gasteiger partial charge in [-0.05, 0) is 56.2 Å². The lowest BCUT2D eigenvalue weighted by molar-refractivity contribution is -0.117. The molecule has 1 aliphatic rings. The third-order valence-electron chi connectivity index (χ3n) is 6.26. The second-order valence-corrected chi connectivity index (χ2v) is 10.2. The number of amides is 1. The number of anilines is 1. The maximum absolute atomic E-state index is 12.2. The third kappa shape index (κ3) is 3.62. The molecule has 0 unspecified atom stereocenters. The monoisotopic (exact) mass is 492 g/mol. The van der Waals surface area contributed by atoms with Crippen LogP contribution in [-0.2, 0) is 4.79 Å². The molecule has 0 saturated heterocycles. The van der Waals surface area contributed by atoms with Crippen LogP contribution in [0.2, 0.25) is 0 Å². The van der Waals surface area contributed by atoms with Crippen molar-refractivity contribution in [1.82, 2.24) is 35.1 Å². The van der Waals surface area contributed by atoms with Crippen molar-refractivity contribution >= 4 is 45.0 Å². The number of hydrogen-bond acceptors (Lipinski definition) is 7. The zero-order valence-electron chi connectivity index (χ0n) is 19.2. The lowest BCUT2D eigenvalue weighted by atomic mass is 10.1. The van der Waals surface area contributed by atoms with Gasteiger partial charge in [0.15, 0.2) is 11.5 Å². The van der Waals surface area contributed by atoms with Gasteiger partial charge in [-0.15, -0.1) is 11.3 Å². The van der Waals surface area contributed by atoms with Crippen molar-refractivity contribution in [3.05, 3.63) is 59.9 Å². The van der Waals surface area contributed by atoms with E-state index >= 15 is 0 Å². The lowest BCUT2D eigenvalue weighted by Gasteiger charge is -2.06. The molecule has 0 radical (unpaired) electrons. The largest absolute Gasteiger partial charge is 0.336 e. The molecule has 0 aromatic carbocycles. The maximum Gasteiger partial charge on any atom is 0.227 e. The molecule has 1 saturated carbocycles. The van der Waals surface area contributed by atoms with Crippen LogP contribution in [0.1, 0.15) is 17.7 Å². The summed E-state index contributed by atoms with van der Waals surface area (Å²) < 4.78 is 0. The Morgan fingerprint density at radius 2 is 1.92 bits per heavy atom. The molecule has 6 heterocycles. The number of hydrogen-bond donors (Lipinski definition) is 3. The quantitative estimate of drug-likeness (QED) is 0.298. The number of carbonyl (C=O) groups is 1. The Balaban J connectivity index is 1.28. The fraction of sp³-hybridized carbons (Fsp3) is 0.154. The zero-order valence-corrected chi connectivity index (χ0v) is 20.1. The van der Waals surface area contributed by atoms with Crippen LogP contribution in [0.3, 0.4) is 0 Å². The van der Waals surface area contributed by atoms with Gasteiger partial charge in [0.05, 0.1) is 33.5 Å². The summed E-state index contributed by atoms with van der Waals surface area (Å²) >= 11 is 1.69. The fourth-order valence-corrected chi connectivity index (χ4v) is 5.12. The topological polar surface area (TPSA) is 125 Å². The average molecular weight is 493 g/mol. The number of carbonyl (C=O) groups excluding carboxylic acids is 1.